The third-order valence-corrected chi connectivity index (χ3v) is 3.53. The van der Waals surface area contributed by atoms with Gasteiger partial charge in [-0.2, -0.15) is 0 Å². The number of nitrogens with zero attached hydrogens (tertiary/aromatic N) is 2. The highest BCUT2D eigenvalue weighted by atomic mass is 79.9. The molecule has 0 aliphatic carbocycles. The molecule has 2 aromatic rings. The molecule has 0 aliphatic heterocycles. The van der Waals surface area contributed by atoms with Gasteiger partial charge in [-0.1, -0.05) is 18.2 Å². The van der Waals surface area contributed by atoms with E-state index in [-0.39, 0.29) is 5.82 Å². The lowest BCUT2D eigenvalue weighted by Gasteiger charge is -2.11. The number of anilines is 2. The summed E-state index contributed by atoms with van der Waals surface area (Å²) in [4.78, 5) is 8.31. The number of aromatic nitrogens is 2. The third-order valence-electron chi connectivity index (χ3n) is 2.78. The van der Waals surface area contributed by atoms with E-state index in [0.717, 1.165) is 16.8 Å². The van der Waals surface area contributed by atoms with Gasteiger partial charge in [0.2, 0.25) is 0 Å². The van der Waals surface area contributed by atoms with E-state index in [9.17, 15) is 4.39 Å². The molecular weight excluding hydrogens is 323 g/mol. The molecule has 0 radical (unpaired) electrons. The van der Waals surface area contributed by atoms with Gasteiger partial charge in [-0.05, 0) is 40.9 Å². The van der Waals surface area contributed by atoms with Gasteiger partial charge in [0.1, 0.15) is 28.3 Å². The van der Waals surface area contributed by atoms with Gasteiger partial charge in [-0.3, -0.25) is 0 Å². The minimum Gasteiger partial charge on any atom is -0.369 e. The molecular formula is C14H16BrFN4. The maximum absolute atomic E-state index is 13.5. The van der Waals surface area contributed by atoms with E-state index in [1.54, 1.807) is 12.1 Å². The first-order valence-electron chi connectivity index (χ1n) is 6.44. The predicted molar refractivity (Wildman–Crippen MR) is 82.5 cm³/mol. The first kappa shape index (κ1) is 14.7. The van der Waals surface area contributed by atoms with Crippen molar-refractivity contribution < 1.29 is 4.39 Å². The number of rotatable bonds is 6. The maximum atomic E-state index is 13.5. The molecule has 0 spiro atoms. The Labute approximate surface area is 126 Å². The van der Waals surface area contributed by atoms with Crippen molar-refractivity contribution in [3.05, 3.63) is 46.4 Å². The van der Waals surface area contributed by atoms with Gasteiger partial charge in [-0.15, -0.1) is 0 Å². The van der Waals surface area contributed by atoms with Crippen LogP contribution in [0.15, 0.2) is 35.1 Å². The second-order valence-electron chi connectivity index (χ2n) is 4.18. The minimum atomic E-state index is -0.176. The summed E-state index contributed by atoms with van der Waals surface area (Å²) in [6, 6.07) is 6.79. The SMILES string of the molecule is CCNc1ncnc(NCCc2ccccc2F)c1Br. The minimum absolute atomic E-state index is 0.176. The van der Waals surface area contributed by atoms with Crippen molar-refractivity contribution in [2.24, 2.45) is 0 Å². The summed E-state index contributed by atoms with van der Waals surface area (Å²) < 4.78 is 14.3. The topological polar surface area (TPSA) is 49.8 Å². The largest absolute Gasteiger partial charge is 0.369 e. The Morgan fingerprint density at radius 2 is 1.85 bits per heavy atom. The molecule has 20 heavy (non-hydrogen) atoms. The smallest absolute Gasteiger partial charge is 0.145 e. The van der Waals surface area contributed by atoms with Crippen LogP contribution in [0.25, 0.3) is 0 Å². The molecule has 1 aromatic carbocycles. The first-order chi connectivity index (χ1) is 9.72. The molecule has 2 N–H and O–H groups in total. The molecule has 0 saturated carbocycles. The van der Waals surface area contributed by atoms with Crippen LogP contribution in [0.5, 0.6) is 0 Å². The Morgan fingerprint density at radius 3 is 2.55 bits per heavy atom. The number of benzene rings is 1. The predicted octanol–water partition coefficient (Wildman–Crippen LogP) is 3.46. The fourth-order valence-corrected chi connectivity index (χ4v) is 2.29. The highest BCUT2D eigenvalue weighted by Crippen LogP contribution is 2.26. The summed E-state index contributed by atoms with van der Waals surface area (Å²) in [7, 11) is 0. The van der Waals surface area contributed by atoms with Crippen molar-refractivity contribution in [3.63, 3.8) is 0 Å². The van der Waals surface area contributed by atoms with Crippen molar-refractivity contribution in [1.82, 2.24) is 9.97 Å². The highest BCUT2D eigenvalue weighted by molar-refractivity contribution is 9.10. The lowest BCUT2D eigenvalue weighted by Crippen LogP contribution is -2.10. The average Bonchev–Trinajstić information content (AvgIpc) is 2.45. The zero-order chi connectivity index (χ0) is 14.4. The van der Waals surface area contributed by atoms with Crippen LogP contribution in [0.4, 0.5) is 16.0 Å². The van der Waals surface area contributed by atoms with Crippen LogP contribution in [0.3, 0.4) is 0 Å². The Kier molecular flexibility index (Phi) is 5.29. The highest BCUT2D eigenvalue weighted by Gasteiger charge is 2.07. The molecule has 106 valence electrons. The molecule has 6 heteroatoms. The molecule has 2 rings (SSSR count). The molecule has 0 atom stereocenters. The Balaban J connectivity index is 1.98. The quantitative estimate of drug-likeness (QED) is 0.846. The second kappa shape index (κ2) is 7.19. The van der Waals surface area contributed by atoms with Gasteiger partial charge in [0, 0.05) is 13.1 Å². The Morgan fingerprint density at radius 1 is 1.15 bits per heavy atom. The summed E-state index contributed by atoms with van der Waals surface area (Å²) in [5.74, 6) is 1.27. The summed E-state index contributed by atoms with van der Waals surface area (Å²) in [5, 5.41) is 6.32. The van der Waals surface area contributed by atoms with Gasteiger partial charge in [-0.25, -0.2) is 14.4 Å². The zero-order valence-electron chi connectivity index (χ0n) is 11.2. The Bertz CT molecular complexity index is 577. The molecule has 1 heterocycles. The fraction of sp³-hybridized carbons (Fsp3) is 0.286. The number of hydrogen-bond donors (Lipinski definition) is 2. The summed E-state index contributed by atoms with van der Waals surface area (Å²) in [6.45, 7) is 3.38. The van der Waals surface area contributed by atoms with Gasteiger partial charge >= 0.3 is 0 Å². The molecule has 0 aliphatic rings. The van der Waals surface area contributed by atoms with Crippen LogP contribution in [0.2, 0.25) is 0 Å². The van der Waals surface area contributed by atoms with Crippen molar-refractivity contribution in [1.29, 1.82) is 0 Å². The molecule has 4 nitrogen and oxygen atoms in total. The number of halogens is 2. The van der Waals surface area contributed by atoms with E-state index in [2.05, 4.69) is 36.5 Å². The lowest BCUT2D eigenvalue weighted by atomic mass is 10.1. The summed E-state index contributed by atoms with van der Waals surface area (Å²) in [6.07, 6.45) is 2.09. The fourth-order valence-electron chi connectivity index (χ4n) is 1.80. The van der Waals surface area contributed by atoms with E-state index in [1.165, 1.54) is 12.4 Å². The van der Waals surface area contributed by atoms with E-state index in [1.807, 2.05) is 13.0 Å². The van der Waals surface area contributed by atoms with Crippen molar-refractivity contribution >= 4 is 27.6 Å². The van der Waals surface area contributed by atoms with Gasteiger partial charge in [0.25, 0.3) is 0 Å². The van der Waals surface area contributed by atoms with Crippen LogP contribution in [-0.2, 0) is 6.42 Å². The lowest BCUT2D eigenvalue weighted by molar-refractivity contribution is 0.610. The summed E-state index contributed by atoms with van der Waals surface area (Å²) >= 11 is 3.46. The molecule has 0 unspecified atom stereocenters. The molecule has 0 fully saturated rings. The van der Waals surface area contributed by atoms with Crippen LogP contribution < -0.4 is 10.6 Å². The average molecular weight is 339 g/mol. The van der Waals surface area contributed by atoms with Crippen molar-refractivity contribution in [2.75, 3.05) is 23.7 Å². The standard InChI is InChI=1S/C14H16BrFN4/c1-2-17-13-12(15)14(20-9-19-13)18-8-7-10-5-3-4-6-11(10)16/h3-6,9H,2,7-8H2,1H3,(H2,17,18,19,20). The third kappa shape index (κ3) is 3.66. The molecule has 1 aromatic heterocycles. The zero-order valence-corrected chi connectivity index (χ0v) is 12.7. The monoisotopic (exact) mass is 338 g/mol. The van der Waals surface area contributed by atoms with Crippen LogP contribution in [-0.4, -0.2) is 23.1 Å². The molecule has 0 amide bonds. The summed E-state index contributed by atoms with van der Waals surface area (Å²) in [5.41, 5.74) is 0.692. The first-order valence-corrected chi connectivity index (χ1v) is 7.23. The van der Waals surface area contributed by atoms with Gasteiger partial charge in [0.05, 0.1) is 0 Å². The van der Waals surface area contributed by atoms with Crippen LogP contribution >= 0.6 is 15.9 Å². The van der Waals surface area contributed by atoms with Gasteiger partial charge < -0.3 is 10.6 Å². The second-order valence-corrected chi connectivity index (χ2v) is 4.98. The van der Waals surface area contributed by atoms with Gasteiger partial charge in [0.15, 0.2) is 0 Å². The number of hydrogen-bond acceptors (Lipinski definition) is 4. The Hall–Kier alpha value is -1.69. The van der Waals surface area contributed by atoms with Crippen molar-refractivity contribution in [2.45, 2.75) is 13.3 Å². The molecule has 0 bridgehead atoms. The number of nitrogens with one attached hydrogen (secondary N) is 2. The van der Waals surface area contributed by atoms with E-state index in [4.69, 9.17) is 0 Å². The van der Waals surface area contributed by atoms with E-state index < -0.39 is 0 Å². The molecule has 0 saturated heterocycles. The van der Waals surface area contributed by atoms with E-state index >= 15 is 0 Å². The van der Waals surface area contributed by atoms with Crippen LogP contribution in [0, 0.1) is 5.82 Å². The van der Waals surface area contributed by atoms with E-state index in [0.29, 0.717) is 24.3 Å². The van der Waals surface area contributed by atoms with Crippen LogP contribution in [0.1, 0.15) is 12.5 Å². The maximum Gasteiger partial charge on any atom is 0.145 e. The normalized spacial score (nSPS) is 10.3. The van der Waals surface area contributed by atoms with Crippen molar-refractivity contribution in [3.8, 4) is 0 Å².